The number of ether oxygens (including phenoxy) is 1. The Hall–Kier alpha value is -3.22. The second kappa shape index (κ2) is 7.36. The first-order valence-corrected chi connectivity index (χ1v) is 7.14. The van der Waals surface area contributed by atoms with Crippen molar-refractivity contribution in [2.45, 2.75) is 13.8 Å². The van der Waals surface area contributed by atoms with Crippen LogP contribution in [0.1, 0.15) is 21.5 Å². The fraction of sp³-hybridized carbons (Fsp3) is 0.176. The summed E-state index contributed by atoms with van der Waals surface area (Å²) >= 11 is 0. The fourth-order valence-corrected chi connectivity index (χ4v) is 2.03. The van der Waals surface area contributed by atoms with Crippen LogP contribution in [0.5, 0.6) is 5.75 Å². The molecule has 0 fully saturated rings. The Morgan fingerprint density at radius 1 is 1.21 bits per heavy atom. The number of nitro benzene ring substituents is 1. The third kappa shape index (κ3) is 4.16. The number of amides is 1. The van der Waals surface area contributed by atoms with E-state index < -0.39 is 10.8 Å². The molecule has 2 aromatic carbocycles. The summed E-state index contributed by atoms with van der Waals surface area (Å²) in [4.78, 5) is 33.0. The maximum absolute atomic E-state index is 11.9. The van der Waals surface area contributed by atoms with Gasteiger partial charge in [0.15, 0.2) is 12.9 Å². The number of carbonyl (C=O) groups excluding carboxylic acids is 2. The molecule has 1 N–H and O–H groups in total. The molecule has 1 amide bonds. The second-order valence-corrected chi connectivity index (χ2v) is 5.23. The quantitative estimate of drug-likeness (QED) is 0.499. The summed E-state index contributed by atoms with van der Waals surface area (Å²) < 4.78 is 5.28. The Morgan fingerprint density at radius 2 is 1.96 bits per heavy atom. The van der Waals surface area contributed by atoms with Gasteiger partial charge >= 0.3 is 0 Å². The standard InChI is InChI=1S/C17H16N2O5/c1-11-3-4-14(7-12(11)2)18-17(21)10-24-16-6-5-15(19(22)23)8-13(16)9-20/h3-9H,10H2,1-2H3,(H,18,21). The van der Waals surface area contributed by atoms with E-state index in [0.717, 1.165) is 17.2 Å². The lowest BCUT2D eigenvalue weighted by Gasteiger charge is -2.10. The molecule has 7 nitrogen and oxygen atoms in total. The third-order valence-electron chi connectivity index (χ3n) is 3.48. The number of anilines is 1. The predicted octanol–water partition coefficient (Wildman–Crippen LogP) is 3.04. The summed E-state index contributed by atoms with van der Waals surface area (Å²) in [5.74, 6) is -0.278. The summed E-state index contributed by atoms with van der Waals surface area (Å²) in [6.45, 7) is 3.60. The largest absolute Gasteiger partial charge is 0.483 e. The second-order valence-electron chi connectivity index (χ2n) is 5.23. The Bertz CT molecular complexity index is 802. The zero-order valence-electron chi connectivity index (χ0n) is 13.2. The van der Waals surface area contributed by atoms with Crippen molar-refractivity contribution in [1.82, 2.24) is 0 Å². The maximum atomic E-state index is 11.9. The molecule has 0 heterocycles. The smallest absolute Gasteiger partial charge is 0.270 e. The molecule has 0 atom stereocenters. The van der Waals surface area contributed by atoms with Gasteiger partial charge in [-0.1, -0.05) is 6.07 Å². The van der Waals surface area contributed by atoms with Crippen LogP contribution in [0.2, 0.25) is 0 Å². The normalized spacial score (nSPS) is 10.1. The van der Waals surface area contributed by atoms with Gasteiger partial charge in [0, 0.05) is 17.8 Å². The minimum atomic E-state index is -0.608. The minimum Gasteiger partial charge on any atom is -0.483 e. The number of non-ortho nitro benzene ring substituents is 1. The average Bonchev–Trinajstić information content (AvgIpc) is 2.56. The summed E-state index contributed by atoms with van der Waals surface area (Å²) in [5.41, 5.74) is 2.61. The van der Waals surface area contributed by atoms with Crippen LogP contribution < -0.4 is 10.1 Å². The highest BCUT2D eigenvalue weighted by Gasteiger charge is 2.12. The molecule has 0 bridgehead atoms. The summed E-state index contributed by atoms with van der Waals surface area (Å²) in [6.07, 6.45) is 0.448. The van der Waals surface area contributed by atoms with E-state index >= 15 is 0 Å². The molecule has 7 heteroatoms. The highest BCUT2D eigenvalue weighted by atomic mass is 16.6. The van der Waals surface area contributed by atoms with Gasteiger partial charge in [0.1, 0.15) is 5.75 Å². The number of hydrogen-bond acceptors (Lipinski definition) is 5. The van der Waals surface area contributed by atoms with Crippen molar-refractivity contribution in [3.05, 3.63) is 63.2 Å². The molecule has 24 heavy (non-hydrogen) atoms. The van der Waals surface area contributed by atoms with Crippen LogP contribution in [0.4, 0.5) is 11.4 Å². The lowest BCUT2D eigenvalue weighted by atomic mass is 10.1. The molecule has 0 aromatic heterocycles. The van der Waals surface area contributed by atoms with E-state index in [1.165, 1.54) is 12.1 Å². The number of aryl methyl sites for hydroxylation is 2. The van der Waals surface area contributed by atoms with Crippen LogP contribution in [0.3, 0.4) is 0 Å². The van der Waals surface area contributed by atoms with Gasteiger partial charge in [0.05, 0.1) is 10.5 Å². The Morgan fingerprint density at radius 3 is 2.58 bits per heavy atom. The number of nitrogens with zero attached hydrogens (tertiary/aromatic N) is 1. The van der Waals surface area contributed by atoms with Gasteiger partial charge in [-0.15, -0.1) is 0 Å². The topological polar surface area (TPSA) is 98.5 Å². The lowest BCUT2D eigenvalue weighted by molar-refractivity contribution is -0.384. The molecule has 0 spiro atoms. The van der Waals surface area contributed by atoms with E-state index in [1.807, 2.05) is 26.0 Å². The van der Waals surface area contributed by atoms with E-state index in [2.05, 4.69) is 5.32 Å². The van der Waals surface area contributed by atoms with Crippen molar-refractivity contribution < 1.29 is 19.2 Å². The lowest BCUT2D eigenvalue weighted by Crippen LogP contribution is -2.20. The first-order valence-electron chi connectivity index (χ1n) is 7.14. The van der Waals surface area contributed by atoms with E-state index in [0.29, 0.717) is 12.0 Å². The Kier molecular flexibility index (Phi) is 5.26. The first kappa shape index (κ1) is 17.1. The van der Waals surface area contributed by atoms with Crippen molar-refractivity contribution in [2.24, 2.45) is 0 Å². The van der Waals surface area contributed by atoms with Gasteiger partial charge in [-0.25, -0.2) is 0 Å². The number of carbonyl (C=O) groups is 2. The summed E-state index contributed by atoms with van der Waals surface area (Å²) in [5, 5.41) is 13.4. The number of nitrogens with one attached hydrogen (secondary N) is 1. The van der Waals surface area contributed by atoms with Crippen LogP contribution >= 0.6 is 0 Å². The zero-order chi connectivity index (χ0) is 17.7. The molecule has 0 unspecified atom stereocenters. The Balaban J connectivity index is 2.02. The summed E-state index contributed by atoms with van der Waals surface area (Å²) in [6, 6.07) is 9.13. The monoisotopic (exact) mass is 328 g/mol. The maximum Gasteiger partial charge on any atom is 0.270 e. The molecular weight excluding hydrogens is 312 g/mol. The third-order valence-corrected chi connectivity index (χ3v) is 3.48. The van der Waals surface area contributed by atoms with E-state index in [-0.39, 0.29) is 23.6 Å². The van der Waals surface area contributed by atoms with Gasteiger partial charge in [0.2, 0.25) is 0 Å². The van der Waals surface area contributed by atoms with Crippen LogP contribution in [-0.2, 0) is 4.79 Å². The van der Waals surface area contributed by atoms with Crippen molar-refractivity contribution in [1.29, 1.82) is 0 Å². The minimum absolute atomic E-state index is 0.0168. The molecule has 2 rings (SSSR count). The molecule has 0 aliphatic heterocycles. The van der Waals surface area contributed by atoms with Crippen molar-refractivity contribution in [2.75, 3.05) is 11.9 Å². The highest BCUT2D eigenvalue weighted by molar-refractivity contribution is 5.92. The van der Waals surface area contributed by atoms with Crippen LogP contribution in [-0.4, -0.2) is 23.7 Å². The SMILES string of the molecule is Cc1ccc(NC(=O)COc2ccc([N+](=O)[O-])cc2C=O)cc1C. The molecule has 0 saturated carbocycles. The molecule has 0 saturated heterocycles. The van der Waals surface area contributed by atoms with Gasteiger partial charge in [-0.2, -0.15) is 0 Å². The van der Waals surface area contributed by atoms with Gasteiger partial charge in [0.25, 0.3) is 11.6 Å². The van der Waals surface area contributed by atoms with Gasteiger partial charge < -0.3 is 10.1 Å². The average molecular weight is 328 g/mol. The highest BCUT2D eigenvalue weighted by Crippen LogP contribution is 2.22. The summed E-state index contributed by atoms with van der Waals surface area (Å²) in [7, 11) is 0. The van der Waals surface area contributed by atoms with Gasteiger partial charge in [-0.05, 0) is 43.2 Å². The molecule has 0 radical (unpaired) electrons. The molecule has 0 aliphatic rings. The number of aldehydes is 1. The number of nitro groups is 1. The van der Waals surface area contributed by atoms with Crippen molar-refractivity contribution >= 4 is 23.6 Å². The van der Waals surface area contributed by atoms with Crippen LogP contribution in [0.25, 0.3) is 0 Å². The fourth-order valence-electron chi connectivity index (χ4n) is 2.03. The number of hydrogen-bond donors (Lipinski definition) is 1. The molecule has 0 aliphatic carbocycles. The molecule has 2 aromatic rings. The number of benzene rings is 2. The van der Waals surface area contributed by atoms with Crippen molar-refractivity contribution in [3.63, 3.8) is 0 Å². The molecular formula is C17H16N2O5. The number of rotatable bonds is 6. The predicted molar refractivity (Wildman–Crippen MR) is 88.5 cm³/mol. The van der Waals surface area contributed by atoms with E-state index in [1.54, 1.807) is 6.07 Å². The first-order chi connectivity index (χ1) is 11.4. The van der Waals surface area contributed by atoms with E-state index in [4.69, 9.17) is 4.74 Å². The van der Waals surface area contributed by atoms with E-state index in [9.17, 15) is 19.7 Å². The van der Waals surface area contributed by atoms with Gasteiger partial charge in [-0.3, -0.25) is 19.7 Å². The molecule has 124 valence electrons. The Labute approximate surface area is 138 Å². The van der Waals surface area contributed by atoms with Crippen LogP contribution in [0.15, 0.2) is 36.4 Å². The zero-order valence-corrected chi connectivity index (χ0v) is 13.2. The van der Waals surface area contributed by atoms with Crippen molar-refractivity contribution in [3.8, 4) is 5.75 Å². The van der Waals surface area contributed by atoms with Crippen LogP contribution in [0, 0.1) is 24.0 Å².